The number of piperidine rings is 1. The molecule has 0 radical (unpaired) electrons. The van der Waals surface area contributed by atoms with Crippen LogP contribution >= 0.6 is 0 Å². The smallest absolute Gasteiger partial charge is 0.253 e. The van der Waals surface area contributed by atoms with E-state index < -0.39 is 5.60 Å². The fourth-order valence-electron chi connectivity index (χ4n) is 4.26. The number of nitrogens with zero attached hydrogens (tertiary/aromatic N) is 4. The Bertz CT molecular complexity index is 1050. The SMILES string of the molecule is CN(C[C@]1(O)CCCN(c2ccnc3ccncc23)C1)C(=O)c1cccc(CN)c1. The predicted molar refractivity (Wildman–Crippen MR) is 117 cm³/mol. The van der Waals surface area contributed by atoms with Gasteiger partial charge in [0.05, 0.1) is 17.7 Å². The van der Waals surface area contributed by atoms with Crippen LogP contribution in [0.1, 0.15) is 28.8 Å². The fraction of sp³-hybridized carbons (Fsp3) is 0.348. The second-order valence-corrected chi connectivity index (χ2v) is 8.04. The highest BCUT2D eigenvalue weighted by Gasteiger charge is 2.36. The van der Waals surface area contributed by atoms with Crippen LogP contribution in [0.3, 0.4) is 0 Å². The van der Waals surface area contributed by atoms with Crippen molar-refractivity contribution in [3.63, 3.8) is 0 Å². The fourth-order valence-corrected chi connectivity index (χ4v) is 4.26. The first-order valence-electron chi connectivity index (χ1n) is 10.2. The van der Waals surface area contributed by atoms with Crippen LogP contribution in [-0.2, 0) is 6.54 Å². The highest BCUT2D eigenvalue weighted by atomic mass is 16.3. The van der Waals surface area contributed by atoms with Crippen molar-refractivity contribution in [1.82, 2.24) is 14.9 Å². The molecule has 156 valence electrons. The molecule has 1 atom stereocenters. The number of anilines is 1. The van der Waals surface area contributed by atoms with E-state index in [1.165, 1.54) is 0 Å². The van der Waals surface area contributed by atoms with Crippen LogP contribution in [0.25, 0.3) is 10.9 Å². The third-order valence-corrected chi connectivity index (χ3v) is 5.70. The Morgan fingerprint density at radius 3 is 3.00 bits per heavy atom. The minimum atomic E-state index is -0.994. The van der Waals surface area contributed by atoms with Gasteiger partial charge in [-0.3, -0.25) is 14.8 Å². The molecule has 3 heterocycles. The first kappa shape index (κ1) is 20.3. The van der Waals surface area contributed by atoms with E-state index in [1.54, 1.807) is 30.4 Å². The number of pyridine rings is 2. The maximum atomic E-state index is 12.9. The zero-order valence-corrected chi connectivity index (χ0v) is 17.2. The second-order valence-electron chi connectivity index (χ2n) is 8.04. The Hall–Kier alpha value is -3.03. The monoisotopic (exact) mass is 405 g/mol. The minimum absolute atomic E-state index is 0.116. The summed E-state index contributed by atoms with van der Waals surface area (Å²) in [4.78, 5) is 25.3. The number of carbonyl (C=O) groups is 1. The molecule has 0 aliphatic carbocycles. The molecule has 4 rings (SSSR count). The van der Waals surface area contributed by atoms with Crippen molar-refractivity contribution in [1.29, 1.82) is 0 Å². The molecule has 30 heavy (non-hydrogen) atoms. The molecule has 0 spiro atoms. The number of fused-ring (bicyclic) bond motifs is 1. The second kappa shape index (κ2) is 8.38. The number of benzene rings is 1. The maximum absolute atomic E-state index is 12.9. The molecule has 0 unspecified atom stereocenters. The molecule has 0 saturated carbocycles. The van der Waals surface area contributed by atoms with Gasteiger partial charge in [0, 0.05) is 61.9 Å². The van der Waals surface area contributed by atoms with Crippen LogP contribution in [0, 0.1) is 0 Å². The standard InChI is InChI=1S/C23H27N5O2/c1-27(22(29)18-5-2-4-17(12-18)13-24)15-23(30)8-3-11-28(16-23)21-7-10-26-20-6-9-25-14-19(20)21/h2,4-7,9-10,12,14,30H,3,8,11,13,15-16,24H2,1H3/t23-/m1/s1. The third kappa shape index (κ3) is 4.13. The summed E-state index contributed by atoms with van der Waals surface area (Å²) in [5.41, 5.74) is 8.09. The van der Waals surface area contributed by atoms with Gasteiger partial charge in [0.15, 0.2) is 0 Å². The van der Waals surface area contributed by atoms with E-state index in [2.05, 4.69) is 14.9 Å². The highest BCUT2D eigenvalue weighted by molar-refractivity contribution is 5.94. The van der Waals surface area contributed by atoms with Crippen molar-refractivity contribution in [3.05, 3.63) is 66.1 Å². The summed E-state index contributed by atoms with van der Waals surface area (Å²) in [5.74, 6) is -0.116. The number of β-amino-alcohol motifs (C(OH)–C–C–N with tert-alkyl or cyclic N) is 1. The summed E-state index contributed by atoms with van der Waals surface area (Å²) in [7, 11) is 1.74. The van der Waals surface area contributed by atoms with Gasteiger partial charge in [0.25, 0.3) is 5.91 Å². The number of aromatic nitrogens is 2. The summed E-state index contributed by atoms with van der Waals surface area (Å²) in [6, 6.07) is 11.2. The number of likely N-dealkylation sites (N-methyl/N-ethyl adjacent to an activating group) is 1. The van der Waals surface area contributed by atoms with E-state index in [1.807, 2.05) is 36.5 Å². The lowest BCUT2D eigenvalue weighted by atomic mass is 9.91. The molecule has 3 N–H and O–H groups in total. The number of nitrogens with two attached hydrogens (primary N) is 1. The molecule has 1 fully saturated rings. The molecule has 7 nitrogen and oxygen atoms in total. The van der Waals surface area contributed by atoms with Gasteiger partial charge < -0.3 is 20.6 Å². The molecule has 7 heteroatoms. The van der Waals surface area contributed by atoms with Gasteiger partial charge in [-0.1, -0.05) is 12.1 Å². The van der Waals surface area contributed by atoms with Crippen molar-refractivity contribution in [2.75, 3.05) is 31.6 Å². The van der Waals surface area contributed by atoms with Crippen LogP contribution in [-0.4, -0.2) is 58.2 Å². The lowest BCUT2D eigenvalue weighted by molar-refractivity contribution is 0.0000665. The maximum Gasteiger partial charge on any atom is 0.253 e. The molecular formula is C23H27N5O2. The summed E-state index contributed by atoms with van der Waals surface area (Å²) in [6.07, 6.45) is 6.80. The number of aliphatic hydroxyl groups is 1. The van der Waals surface area contributed by atoms with Crippen LogP contribution in [0.2, 0.25) is 0 Å². The highest BCUT2D eigenvalue weighted by Crippen LogP contribution is 2.31. The van der Waals surface area contributed by atoms with Crippen LogP contribution < -0.4 is 10.6 Å². The topological polar surface area (TPSA) is 95.6 Å². The van der Waals surface area contributed by atoms with Gasteiger partial charge in [0.1, 0.15) is 0 Å². The molecular weight excluding hydrogens is 378 g/mol. The Labute approximate surface area is 176 Å². The van der Waals surface area contributed by atoms with E-state index in [0.717, 1.165) is 35.1 Å². The summed E-state index contributed by atoms with van der Waals surface area (Å²) in [6.45, 7) is 1.93. The average molecular weight is 406 g/mol. The Morgan fingerprint density at radius 2 is 2.17 bits per heavy atom. The molecule has 1 amide bonds. The Kier molecular flexibility index (Phi) is 5.65. The zero-order valence-electron chi connectivity index (χ0n) is 17.2. The number of amides is 1. The van der Waals surface area contributed by atoms with E-state index >= 15 is 0 Å². The normalized spacial score (nSPS) is 19.1. The van der Waals surface area contributed by atoms with Crippen molar-refractivity contribution < 1.29 is 9.90 Å². The van der Waals surface area contributed by atoms with Crippen molar-refractivity contribution >= 4 is 22.5 Å². The number of rotatable bonds is 5. The van der Waals surface area contributed by atoms with Crippen molar-refractivity contribution in [2.24, 2.45) is 5.73 Å². The van der Waals surface area contributed by atoms with Crippen LogP contribution in [0.5, 0.6) is 0 Å². The third-order valence-electron chi connectivity index (χ3n) is 5.70. The molecule has 1 aromatic carbocycles. The Morgan fingerprint density at radius 1 is 1.30 bits per heavy atom. The number of hydrogen-bond acceptors (Lipinski definition) is 6. The van der Waals surface area contributed by atoms with Gasteiger partial charge in [-0.15, -0.1) is 0 Å². The molecule has 2 aromatic heterocycles. The number of hydrogen-bond donors (Lipinski definition) is 2. The van der Waals surface area contributed by atoms with E-state index in [0.29, 0.717) is 25.1 Å². The first-order chi connectivity index (χ1) is 14.5. The minimum Gasteiger partial charge on any atom is -0.386 e. The largest absolute Gasteiger partial charge is 0.386 e. The van der Waals surface area contributed by atoms with Crippen LogP contribution in [0.15, 0.2) is 55.0 Å². The van der Waals surface area contributed by atoms with E-state index in [9.17, 15) is 9.90 Å². The first-order valence-corrected chi connectivity index (χ1v) is 10.2. The molecule has 0 bridgehead atoms. The summed E-state index contributed by atoms with van der Waals surface area (Å²) >= 11 is 0. The van der Waals surface area contributed by atoms with E-state index in [4.69, 9.17) is 5.73 Å². The van der Waals surface area contributed by atoms with Gasteiger partial charge in [0.2, 0.25) is 0 Å². The average Bonchev–Trinajstić information content (AvgIpc) is 2.78. The molecule has 1 saturated heterocycles. The van der Waals surface area contributed by atoms with Gasteiger partial charge in [-0.05, 0) is 42.7 Å². The molecule has 1 aliphatic rings. The number of carbonyl (C=O) groups excluding carboxylic acids is 1. The summed E-state index contributed by atoms with van der Waals surface area (Å²) in [5, 5.41) is 12.3. The van der Waals surface area contributed by atoms with Crippen molar-refractivity contribution in [2.45, 2.75) is 25.0 Å². The zero-order chi connectivity index (χ0) is 21.1. The quantitative estimate of drug-likeness (QED) is 0.676. The lowest BCUT2D eigenvalue weighted by Gasteiger charge is -2.42. The van der Waals surface area contributed by atoms with Crippen LogP contribution in [0.4, 0.5) is 5.69 Å². The van der Waals surface area contributed by atoms with Gasteiger partial charge in [-0.25, -0.2) is 0 Å². The lowest BCUT2D eigenvalue weighted by Crippen LogP contribution is -2.54. The summed E-state index contributed by atoms with van der Waals surface area (Å²) < 4.78 is 0. The predicted octanol–water partition coefficient (Wildman–Crippen LogP) is 2.19. The van der Waals surface area contributed by atoms with Gasteiger partial charge in [-0.2, -0.15) is 0 Å². The van der Waals surface area contributed by atoms with Crippen molar-refractivity contribution in [3.8, 4) is 0 Å². The van der Waals surface area contributed by atoms with Gasteiger partial charge >= 0.3 is 0 Å². The molecule has 1 aliphatic heterocycles. The Balaban J connectivity index is 1.52. The van der Waals surface area contributed by atoms with E-state index in [-0.39, 0.29) is 12.5 Å². The molecule has 3 aromatic rings.